The van der Waals surface area contributed by atoms with Gasteiger partial charge in [0.25, 0.3) is 0 Å². The molecule has 1 fully saturated rings. The lowest BCUT2D eigenvalue weighted by molar-refractivity contribution is -0.122. The smallest absolute Gasteiger partial charge is 0.242 e. The van der Waals surface area contributed by atoms with E-state index in [0.29, 0.717) is 12.3 Å². The SMILES string of the molecule is CC1C=CC2C(C1)C(=O)NS2(=O)=O. The number of fused-ring (bicyclic) bond motifs is 1. The van der Waals surface area contributed by atoms with Crippen molar-refractivity contribution in [1.29, 1.82) is 0 Å². The molecule has 1 aliphatic heterocycles. The van der Waals surface area contributed by atoms with Crippen LogP contribution in [-0.4, -0.2) is 19.6 Å². The van der Waals surface area contributed by atoms with E-state index in [1.54, 1.807) is 6.08 Å². The van der Waals surface area contributed by atoms with Gasteiger partial charge < -0.3 is 0 Å². The van der Waals surface area contributed by atoms with Crippen LogP contribution in [0.3, 0.4) is 0 Å². The van der Waals surface area contributed by atoms with Crippen molar-refractivity contribution in [3.05, 3.63) is 12.2 Å². The molecule has 2 aliphatic rings. The molecule has 0 aromatic carbocycles. The van der Waals surface area contributed by atoms with E-state index < -0.39 is 15.3 Å². The van der Waals surface area contributed by atoms with E-state index in [-0.39, 0.29) is 11.8 Å². The molecule has 1 aliphatic carbocycles. The van der Waals surface area contributed by atoms with Gasteiger partial charge in [-0.1, -0.05) is 19.1 Å². The summed E-state index contributed by atoms with van der Waals surface area (Å²) in [7, 11) is -3.41. The topological polar surface area (TPSA) is 63.2 Å². The van der Waals surface area contributed by atoms with Crippen molar-refractivity contribution in [2.75, 3.05) is 0 Å². The van der Waals surface area contributed by atoms with Crippen molar-refractivity contribution in [3.63, 3.8) is 0 Å². The normalized spacial score (nSPS) is 41.3. The second-order valence-electron chi connectivity index (χ2n) is 3.68. The van der Waals surface area contributed by atoms with Gasteiger partial charge in [0.1, 0.15) is 5.25 Å². The maximum Gasteiger partial charge on any atom is 0.242 e. The van der Waals surface area contributed by atoms with E-state index in [4.69, 9.17) is 0 Å². The molecule has 2 rings (SSSR count). The molecule has 3 atom stereocenters. The third-order valence-corrected chi connectivity index (χ3v) is 4.28. The first kappa shape index (κ1) is 8.74. The first-order valence-corrected chi connectivity index (χ1v) is 5.79. The van der Waals surface area contributed by atoms with E-state index in [0.717, 1.165) is 0 Å². The van der Waals surface area contributed by atoms with Crippen LogP contribution in [0, 0.1) is 11.8 Å². The van der Waals surface area contributed by atoms with Crippen LogP contribution < -0.4 is 4.72 Å². The van der Waals surface area contributed by atoms with Crippen LogP contribution >= 0.6 is 0 Å². The van der Waals surface area contributed by atoms with Gasteiger partial charge in [-0.05, 0) is 12.3 Å². The molecule has 1 heterocycles. The molecule has 1 N–H and O–H groups in total. The molecule has 13 heavy (non-hydrogen) atoms. The molecule has 5 heteroatoms. The monoisotopic (exact) mass is 201 g/mol. The molecule has 3 unspecified atom stereocenters. The molecular weight excluding hydrogens is 190 g/mol. The second-order valence-corrected chi connectivity index (χ2v) is 5.52. The Morgan fingerprint density at radius 3 is 2.85 bits per heavy atom. The molecule has 0 radical (unpaired) electrons. The standard InChI is InChI=1S/C8H11NO3S/c1-5-2-3-7-6(4-5)8(10)9-13(7,11)12/h2-3,5-7H,4H2,1H3,(H,9,10). The van der Waals surface area contributed by atoms with Gasteiger partial charge >= 0.3 is 0 Å². The van der Waals surface area contributed by atoms with Gasteiger partial charge in [-0.15, -0.1) is 0 Å². The fourth-order valence-electron chi connectivity index (χ4n) is 1.91. The second kappa shape index (κ2) is 2.57. The highest BCUT2D eigenvalue weighted by molar-refractivity contribution is 7.91. The summed E-state index contributed by atoms with van der Waals surface area (Å²) in [5, 5.41) is -0.629. The number of carbonyl (C=O) groups excluding carboxylic acids is 1. The van der Waals surface area contributed by atoms with Crippen molar-refractivity contribution in [3.8, 4) is 0 Å². The zero-order valence-corrected chi connectivity index (χ0v) is 8.04. The highest BCUT2D eigenvalue weighted by Crippen LogP contribution is 2.31. The number of hydrogen-bond donors (Lipinski definition) is 1. The Labute approximate surface area is 77.1 Å². The number of amides is 1. The summed E-state index contributed by atoms with van der Waals surface area (Å²) >= 11 is 0. The molecule has 0 saturated carbocycles. The molecule has 0 bridgehead atoms. The van der Waals surface area contributed by atoms with Crippen molar-refractivity contribution in [1.82, 2.24) is 4.72 Å². The van der Waals surface area contributed by atoms with Crippen molar-refractivity contribution >= 4 is 15.9 Å². The third kappa shape index (κ3) is 1.27. The van der Waals surface area contributed by atoms with Crippen molar-refractivity contribution in [2.45, 2.75) is 18.6 Å². The molecular formula is C8H11NO3S. The molecule has 4 nitrogen and oxygen atoms in total. The maximum absolute atomic E-state index is 11.3. The van der Waals surface area contributed by atoms with Gasteiger partial charge in [0.2, 0.25) is 15.9 Å². The molecule has 0 aromatic heterocycles. The Balaban J connectivity index is 2.42. The van der Waals surface area contributed by atoms with Gasteiger partial charge in [0.15, 0.2) is 0 Å². The Kier molecular flexibility index (Phi) is 1.73. The van der Waals surface area contributed by atoms with Crippen LogP contribution in [0.2, 0.25) is 0 Å². The van der Waals surface area contributed by atoms with Gasteiger partial charge in [-0.25, -0.2) is 8.42 Å². The fraction of sp³-hybridized carbons (Fsp3) is 0.625. The Bertz CT molecular complexity index is 371. The fourth-order valence-corrected chi connectivity index (χ4v) is 3.44. The average molecular weight is 201 g/mol. The summed E-state index contributed by atoms with van der Waals surface area (Å²) in [6, 6.07) is 0. The van der Waals surface area contributed by atoms with Crippen molar-refractivity contribution in [2.24, 2.45) is 11.8 Å². The number of rotatable bonds is 0. The highest BCUT2D eigenvalue weighted by atomic mass is 32.2. The maximum atomic E-state index is 11.3. The van der Waals surface area contributed by atoms with Crippen LogP contribution in [0.4, 0.5) is 0 Å². The van der Waals surface area contributed by atoms with Crippen molar-refractivity contribution < 1.29 is 13.2 Å². The van der Waals surface area contributed by atoms with Crippen LogP contribution in [0.25, 0.3) is 0 Å². The van der Waals surface area contributed by atoms with Crippen LogP contribution in [0.1, 0.15) is 13.3 Å². The van der Waals surface area contributed by atoms with E-state index in [1.165, 1.54) is 0 Å². The largest absolute Gasteiger partial charge is 0.274 e. The summed E-state index contributed by atoms with van der Waals surface area (Å²) in [6.07, 6.45) is 4.12. The Hall–Kier alpha value is -0.840. The summed E-state index contributed by atoms with van der Waals surface area (Å²) in [4.78, 5) is 11.2. The Morgan fingerprint density at radius 2 is 2.15 bits per heavy atom. The van der Waals surface area contributed by atoms with E-state index >= 15 is 0 Å². The third-order valence-electron chi connectivity index (χ3n) is 2.59. The highest BCUT2D eigenvalue weighted by Gasteiger charge is 2.46. The summed E-state index contributed by atoms with van der Waals surface area (Å²) < 4.78 is 24.7. The van der Waals surface area contributed by atoms with E-state index in [2.05, 4.69) is 0 Å². The lowest BCUT2D eigenvalue weighted by Crippen LogP contribution is -2.26. The number of carbonyl (C=O) groups is 1. The summed E-state index contributed by atoms with van der Waals surface area (Å²) in [6.45, 7) is 1.98. The molecule has 0 aromatic rings. The lowest BCUT2D eigenvalue weighted by atomic mass is 9.87. The minimum Gasteiger partial charge on any atom is -0.274 e. The predicted octanol–water partition coefficient (Wildman–Crippen LogP) is 0.0268. The lowest BCUT2D eigenvalue weighted by Gasteiger charge is -2.19. The molecule has 0 spiro atoms. The zero-order valence-electron chi connectivity index (χ0n) is 7.23. The van der Waals surface area contributed by atoms with E-state index in [9.17, 15) is 13.2 Å². The summed E-state index contributed by atoms with van der Waals surface area (Å²) in [5.74, 6) is -0.425. The first-order valence-electron chi connectivity index (χ1n) is 4.24. The molecule has 1 saturated heterocycles. The number of allylic oxidation sites excluding steroid dienone is 1. The summed E-state index contributed by atoms with van der Waals surface area (Å²) in [5.41, 5.74) is 0. The van der Waals surface area contributed by atoms with E-state index in [1.807, 2.05) is 17.7 Å². The van der Waals surface area contributed by atoms with Gasteiger partial charge in [0.05, 0.1) is 5.92 Å². The van der Waals surface area contributed by atoms with Crippen LogP contribution in [0.5, 0.6) is 0 Å². The number of nitrogens with one attached hydrogen (secondary N) is 1. The van der Waals surface area contributed by atoms with Gasteiger partial charge in [-0.2, -0.15) is 0 Å². The average Bonchev–Trinajstić information content (AvgIpc) is 2.22. The molecule has 72 valence electrons. The first-order chi connectivity index (χ1) is 6.00. The Morgan fingerprint density at radius 1 is 1.46 bits per heavy atom. The quantitative estimate of drug-likeness (QED) is 0.562. The number of hydrogen-bond acceptors (Lipinski definition) is 3. The molecule has 1 amide bonds. The van der Waals surface area contributed by atoms with Crippen LogP contribution in [-0.2, 0) is 14.8 Å². The minimum atomic E-state index is -3.41. The van der Waals surface area contributed by atoms with Gasteiger partial charge in [-0.3, -0.25) is 9.52 Å². The van der Waals surface area contributed by atoms with Crippen LogP contribution in [0.15, 0.2) is 12.2 Å². The predicted molar refractivity (Wildman–Crippen MR) is 47.3 cm³/mol. The zero-order chi connectivity index (χ0) is 9.64. The number of sulfonamides is 1. The minimum absolute atomic E-state index is 0.292. The van der Waals surface area contributed by atoms with Gasteiger partial charge in [0, 0.05) is 0 Å².